The van der Waals surface area contributed by atoms with E-state index in [-0.39, 0.29) is 147 Å². The molecular weight excluding hydrogens is 1070 g/mol. The minimum atomic E-state index is -1.37. The molecule has 0 radical (unpaired) electrons. The van der Waals surface area contributed by atoms with Crippen LogP contribution < -0.4 is 21.3 Å². The number of carboxylic acid groups (broad SMARTS) is 4. The zero-order chi connectivity index (χ0) is 60.9. The van der Waals surface area contributed by atoms with Crippen molar-refractivity contribution in [2.24, 2.45) is 11.8 Å². The number of nitrogens with one attached hydrogen (secondary N) is 4. The van der Waals surface area contributed by atoms with Gasteiger partial charge in [-0.15, -0.1) is 0 Å². The smallest absolute Gasteiger partial charge is 0.326 e. The predicted molar refractivity (Wildman–Crippen MR) is 306 cm³/mol. The molecule has 4 atom stereocenters. The van der Waals surface area contributed by atoms with E-state index in [1.807, 2.05) is 6.92 Å². The minimum absolute atomic E-state index is 0. The van der Waals surface area contributed by atoms with Crippen molar-refractivity contribution in [2.75, 3.05) is 73.1 Å². The standard InChI is InChI=1S/C56H96N4O19.CH4O.CH4/c1-3-43(42(2)61)21-18-19-31-57-49(64)30-28-48(56(74)75)60-51(66)29-25-44(54(70)71)39-46(63)40-78-37-36-77-34-32-58-52(67)41-79-38-35-76-33-20-22-45(62)26-27-47(55(72)73)59-50(65)23-16-14-12-10-8-6-4-5-7-9-11-13-15-17-24-53(68)69;1-2;/h43-44,47-48H,3-41H2,1-2H3,(H,57,64)(H,58,67)(H,59,65)(H,60,66)(H,68,69)(H,70,71)(H,72,73)(H,74,75);2H,1H3;1H4/t43-,44+,47-,48-;;/m0../s1. The SMILES string of the molecule is C.CC[C@@H](CCCCNC(=O)CC[C@H](NC(=O)CC[C@H](CC(=O)COCCOCCNC(=O)COCCOCCCC(=O)CC[C@H](NC(=O)CCCCCCCCCCCCCCCCC(=O)O)C(=O)O)C(=O)O)C(=O)O)C(C)=O.CO. The lowest BCUT2D eigenvalue weighted by atomic mass is 9.95. The van der Waals surface area contributed by atoms with Crippen LogP contribution >= 0.6 is 0 Å². The summed E-state index contributed by atoms with van der Waals surface area (Å²) >= 11 is 0. The van der Waals surface area contributed by atoms with Crippen molar-refractivity contribution < 1.29 is 97.2 Å². The maximum atomic E-state index is 12.5. The van der Waals surface area contributed by atoms with Gasteiger partial charge in [0.2, 0.25) is 23.6 Å². The first-order valence-electron chi connectivity index (χ1n) is 29.2. The lowest BCUT2D eigenvalue weighted by Gasteiger charge is -2.16. The maximum Gasteiger partial charge on any atom is 0.326 e. The predicted octanol–water partition coefficient (Wildman–Crippen LogP) is 6.13. The molecule has 0 aromatic rings. The Hall–Kier alpha value is -5.43. The number of carboxylic acids is 4. The maximum absolute atomic E-state index is 12.5. The highest BCUT2D eigenvalue weighted by atomic mass is 16.5. The minimum Gasteiger partial charge on any atom is -0.481 e. The van der Waals surface area contributed by atoms with Crippen LogP contribution in [0.3, 0.4) is 0 Å². The van der Waals surface area contributed by atoms with Crippen LogP contribution in [0.1, 0.15) is 207 Å². The van der Waals surface area contributed by atoms with E-state index in [0.29, 0.717) is 25.8 Å². The highest BCUT2D eigenvalue weighted by molar-refractivity contribution is 5.87. The van der Waals surface area contributed by atoms with Crippen LogP contribution in [-0.4, -0.2) is 176 Å². The molecule has 0 saturated carbocycles. The zero-order valence-corrected chi connectivity index (χ0v) is 48.7. The third-order valence-electron chi connectivity index (χ3n) is 13.1. The number of hydrogen-bond acceptors (Lipinski definition) is 16. The van der Waals surface area contributed by atoms with Crippen LogP contribution in [0.2, 0.25) is 0 Å². The third-order valence-corrected chi connectivity index (χ3v) is 13.1. The van der Waals surface area contributed by atoms with Gasteiger partial charge in [-0.1, -0.05) is 97.8 Å². The Balaban J connectivity index is -0.0000205. The molecule has 24 nitrogen and oxygen atoms in total. The molecule has 0 aromatic carbocycles. The summed E-state index contributed by atoms with van der Waals surface area (Å²) < 4.78 is 21.4. The molecule has 82 heavy (non-hydrogen) atoms. The number of aliphatic hydroxyl groups excluding tert-OH is 1. The van der Waals surface area contributed by atoms with Crippen molar-refractivity contribution in [3.05, 3.63) is 0 Å². The molecule has 0 aromatic heterocycles. The Morgan fingerprint density at radius 2 is 0.854 bits per heavy atom. The molecule has 0 fully saturated rings. The number of aliphatic hydroxyl groups is 1. The van der Waals surface area contributed by atoms with Crippen LogP contribution in [0.15, 0.2) is 0 Å². The van der Waals surface area contributed by atoms with Crippen LogP contribution in [0.25, 0.3) is 0 Å². The fourth-order valence-electron chi connectivity index (χ4n) is 8.39. The number of rotatable bonds is 57. The molecule has 0 spiro atoms. The molecule has 9 N–H and O–H groups in total. The second kappa shape index (κ2) is 56.1. The monoisotopic (exact) mass is 1180 g/mol. The molecule has 0 aliphatic rings. The number of carbonyl (C=O) groups excluding carboxylic acids is 7. The second-order valence-corrected chi connectivity index (χ2v) is 20.0. The van der Waals surface area contributed by atoms with Crippen molar-refractivity contribution in [1.82, 2.24) is 21.3 Å². The van der Waals surface area contributed by atoms with Gasteiger partial charge in [0.15, 0.2) is 5.78 Å². The Morgan fingerprint density at radius 3 is 1.37 bits per heavy atom. The van der Waals surface area contributed by atoms with Crippen LogP contribution in [0.5, 0.6) is 0 Å². The summed E-state index contributed by atoms with van der Waals surface area (Å²) in [6.07, 6.45) is 17.5. The molecule has 24 heteroatoms. The fourth-order valence-corrected chi connectivity index (χ4v) is 8.39. The van der Waals surface area contributed by atoms with Crippen molar-refractivity contribution in [1.29, 1.82) is 0 Å². The van der Waals surface area contributed by atoms with Crippen molar-refractivity contribution in [2.45, 2.75) is 220 Å². The number of ketones is 3. The number of Topliss-reactive ketones (excluding diaryl/α,β-unsaturated/α-hetero) is 3. The molecule has 0 bridgehead atoms. The zero-order valence-electron chi connectivity index (χ0n) is 48.7. The number of carbonyl (C=O) groups is 11. The normalized spacial score (nSPS) is 12.2. The first-order valence-corrected chi connectivity index (χ1v) is 29.2. The van der Waals surface area contributed by atoms with E-state index >= 15 is 0 Å². The van der Waals surface area contributed by atoms with Crippen molar-refractivity contribution in [3.63, 3.8) is 0 Å². The lowest BCUT2D eigenvalue weighted by Crippen LogP contribution is -2.42. The fraction of sp³-hybridized carbons (Fsp3) is 0.810. The van der Waals surface area contributed by atoms with E-state index in [0.717, 1.165) is 77.7 Å². The summed E-state index contributed by atoms with van der Waals surface area (Å²) in [5.41, 5.74) is 0. The summed E-state index contributed by atoms with van der Waals surface area (Å²) in [6.45, 7) is 4.18. The number of aliphatic carboxylic acids is 4. The first-order chi connectivity index (χ1) is 38.9. The van der Waals surface area contributed by atoms with Gasteiger partial charge in [-0.3, -0.25) is 43.2 Å². The average molecular weight is 1180 g/mol. The van der Waals surface area contributed by atoms with Gasteiger partial charge in [0.25, 0.3) is 0 Å². The molecule has 476 valence electrons. The molecule has 4 amide bonds. The number of amides is 4. The highest BCUT2D eigenvalue weighted by Crippen LogP contribution is 2.16. The number of unbranched alkanes of at least 4 members (excludes halogenated alkanes) is 14. The van der Waals surface area contributed by atoms with Crippen LogP contribution in [0.4, 0.5) is 0 Å². The van der Waals surface area contributed by atoms with Gasteiger partial charge in [-0.05, 0) is 64.7 Å². The van der Waals surface area contributed by atoms with Gasteiger partial charge in [0, 0.05) is 77.7 Å². The van der Waals surface area contributed by atoms with E-state index in [2.05, 4.69) is 21.3 Å². The number of hydrogen-bond donors (Lipinski definition) is 9. The Labute approximate surface area is 486 Å². The largest absolute Gasteiger partial charge is 0.481 e. The molecular formula is C58H104N4O20. The topological polar surface area (TPSA) is 374 Å². The summed E-state index contributed by atoms with van der Waals surface area (Å²) in [5, 5.41) is 54.5. The molecule has 0 heterocycles. The van der Waals surface area contributed by atoms with Gasteiger partial charge in [0.1, 0.15) is 36.9 Å². The average Bonchev–Trinajstić information content (AvgIpc) is 3.42. The van der Waals surface area contributed by atoms with E-state index in [9.17, 15) is 68.1 Å². The van der Waals surface area contributed by atoms with Gasteiger partial charge in [0.05, 0.1) is 39.0 Å². The molecule has 0 saturated heterocycles. The Morgan fingerprint density at radius 1 is 0.390 bits per heavy atom. The summed E-state index contributed by atoms with van der Waals surface area (Å²) in [5.74, 6) is -8.19. The highest BCUT2D eigenvalue weighted by Gasteiger charge is 2.26. The Bertz CT molecular complexity index is 1780. The lowest BCUT2D eigenvalue weighted by molar-refractivity contribution is -0.145. The molecule has 0 aliphatic carbocycles. The quantitative estimate of drug-likeness (QED) is 0.0309. The van der Waals surface area contributed by atoms with E-state index in [1.165, 1.54) is 32.1 Å². The summed E-state index contributed by atoms with van der Waals surface area (Å²) in [4.78, 5) is 131. The molecule has 0 aliphatic heterocycles. The Kier molecular flexibility index (Phi) is 55.2. The van der Waals surface area contributed by atoms with Gasteiger partial charge in [-0.25, -0.2) is 9.59 Å². The summed E-state index contributed by atoms with van der Waals surface area (Å²) in [7, 11) is 1.00. The summed E-state index contributed by atoms with van der Waals surface area (Å²) in [6, 6.07) is -2.51. The van der Waals surface area contributed by atoms with Crippen LogP contribution in [0, 0.1) is 11.8 Å². The second-order valence-electron chi connectivity index (χ2n) is 20.0. The van der Waals surface area contributed by atoms with Gasteiger partial charge >= 0.3 is 23.9 Å². The van der Waals surface area contributed by atoms with Gasteiger partial charge in [-0.2, -0.15) is 0 Å². The van der Waals surface area contributed by atoms with E-state index in [1.54, 1.807) is 6.92 Å². The van der Waals surface area contributed by atoms with E-state index in [4.69, 9.17) is 29.2 Å². The van der Waals surface area contributed by atoms with Crippen molar-refractivity contribution >= 4 is 64.9 Å². The first kappa shape index (κ1) is 80.8. The molecule has 0 rings (SSSR count). The van der Waals surface area contributed by atoms with Crippen LogP contribution in [-0.2, 0) is 71.7 Å². The van der Waals surface area contributed by atoms with E-state index < -0.39 is 72.5 Å². The third kappa shape index (κ3) is 51.5. The van der Waals surface area contributed by atoms with Gasteiger partial charge < -0.3 is 65.7 Å². The van der Waals surface area contributed by atoms with Crippen molar-refractivity contribution in [3.8, 4) is 0 Å². The number of ether oxygens (including phenoxy) is 4. The molecule has 0 unspecified atom stereocenters.